The monoisotopic (exact) mass is 219 g/mol. The second-order valence-corrected chi connectivity index (χ2v) is 3.17. The number of H-pyrrole nitrogens is 2. The molecule has 0 aliphatic carbocycles. The van der Waals surface area contributed by atoms with Crippen molar-refractivity contribution in [2.24, 2.45) is 5.73 Å². The van der Waals surface area contributed by atoms with E-state index in [9.17, 15) is 4.79 Å². The fourth-order valence-corrected chi connectivity index (χ4v) is 1.08. The molecule has 4 nitrogen and oxygen atoms in total. The first kappa shape index (κ1) is 8.46. The summed E-state index contributed by atoms with van der Waals surface area (Å²) >= 11 is 2.66. The minimum absolute atomic E-state index is 0.146. The molecule has 0 radical (unpaired) electrons. The first-order chi connectivity index (χ1) is 5.11. The van der Waals surface area contributed by atoms with Crippen molar-refractivity contribution in [2.75, 3.05) is 0 Å². The van der Waals surface area contributed by atoms with Gasteiger partial charge in [-0.25, -0.2) is 0 Å². The SMILES string of the molecule is CC(N)c1c[nH]c(=[Se])[nH]c1=O. The van der Waals surface area contributed by atoms with Crippen LogP contribution in [0.5, 0.6) is 0 Å². The molecule has 4 N–H and O–H groups in total. The Labute approximate surface area is 71.2 Å². The third-order valence-electron chi connectivity index (χ3n) is 1.34. The van der Waals surface area contributed by atoms with Crippen LogP contribution >= 0.6 is 0 Å². The van der Waals surface area contributed by atoms with E-state index in [0.29, 0.717) is 9.89 Å². The summed E-state index contributed by atoms with van der Waals surface area (Å²) in [6, 6.07) is -0.240. The molecule has 1 aromatic heterocycles. The molecule has 0 fully saturated rings. The molecule has 1 heterocycles. The molecule has 0 aliphatic heterocycles. The average molecular weight is 218 g/mol. The van der Waals surface area contributed by atoms with E-state index in [1.165, 1.54) is 0 Å². The summed E-state index contributed by atoms with van der Waals surface area (Å²) in [5, 5.41) is 0. The maximum atomic E-state index is 11.1. The first-order valence-electron chi connectivity index (χ1n) is 3.18. The molecular weight excluding hydrogens is 209 g/mol. The van der Waals surface area contributed by atoms with Gasteiger partial charge in [0.05, 0.1) is 0 Å². The first-order valence-corrected chi connectivity index (χ1v) is 4.04. The van der Waals surface area contributed by atoms with Gasteiger partial charge in [-0.2, -0.15) is 0 Å². The van der Waals surface area contributed by atoms with E-state index < -0.39 is 0 Å². The second kappa shape index (κ2) is 3.17. The molecule has 0 aliphatic rings. The molecule has 0 amide bonds. The van der Waals surface area contributed by atoms with Crippen LogP contribution in [0.4, 0.5) is 0 Å². The predicted molar refractivity (Wildman–Crippen MR) is 43.0 cm³/mol. The van der Waals surface area contributed by atoms with E-state index in [1.807, 2.05) is 0 Å². The van der Waals surface area contributed by atoms with Gasteiger partial charge in [0.2, 0.25) is 0 Å². The number of nitrogens with one attached hydrogen (secondary N) is 2. The molecule has 0 aromatic carbocycles. The molecule has 1 rings (SSSR count). The van der Waals surface area contributed by atoms with Crippen molar-refractivity contribution in [3.63, 3.8) is 0 Å². The van der Waals surface area contributed by atoms with E-state index in [1.54, 1.807) is 13.1 Å². The summed E-state index contributed by atoms with van der Waals surface area (Å²) in [7, 11) is 0. The van der Waals surface area contributed by atoms with Crippen LogP contribution in [0.2, 0.25) is 0 Å². The second-order valence-electron chi connectivity index (χ2n) is 2.32. The Bertz CT molecular complexity index is 351. The van der Waals surface area contributed by atoms with Gasteiger partial charge in [0.25, 0.3) is 0 Å². The van der Waals surface area contributed by atoms with Crippen LogP contribution < -0.4 is 11.3 Å². The number of hydrogen-bond donors (Lipinski definition) is 3. The normalized spacial score (nSPS) is 12.9. The van der Waals surface area contributed by atoms with Gasteiger partial charge in [-0.3, -0.25) is 0 Å². The molecule has 0 saturated heterocycles. The quantitative estimate of drug-likeness (QED) is 0.552. The van der Waals surface area contributed by atoms with Crippen molar-refractivity contribution in [3.8, 4) is 0 Å². The Balaban J connectivity index is 3.32. The Morgan fingerprint density at radius 1 is 1.73 bits per heavy atom. The molecular formula is C6H9N3OSe. The molecule has 1 unspecified atom stereocenters. The standard InChI is InChI=1S/C6H9N3OSe/c1-3(7)4-2-8-6(11)9-5(4)10/h2-3H,7H2,1H3,(H2,8,9,10,11). The summed E-state index contributed by atoms with van der Waals surface area (Å²) in [5.74, 6) is 0. The predicted octanol–water partition coefficient (Wildman–Crippen LogP) is -0.577. The van der Waals surface area contributed by atoms with Crippen LogP contribution in [-0.4, -0.2) is 25.5 Å². The number of rotatable bonds is 1. The number of aromatic nitrogens is 2. The van der Waals surface area contributed by atoms with Crippen molar-refractivity contribution in [1.29, 1.82) is 0 Å². The molecule has 1 aromatic rings. The molecule has 0 spiro atoms. The van der Waals surface area contributed by atoms with Crippen LogP contribution in [0, 0.1) is 4.32 Å². The van der Waals surface area contributed by atoms with E-state index >= 15 is 0 Å². The van der Waals surface area contributed by atoms with Crippen molar-refractivity contribution in [1.82, 2.24) is 9.97 Å². The molecule has 0 bridgehead atoms. The van der Waals surface area contributed by atoms with Gasteiger partial charge in [0, 0.05) is 0 Å². The maximum absolute atomic E-state index is 11.1. The van der Waals surface area contributed by atoms with E-state index in [2.05, 4.69) is 25.5 Å². The summed E-state index contributed by atoms with van der Waals surface area (Å²) in [5.41, 5.74) is 5.93. The van der Waals surface area contributed by atoms with Gasteiger partial charge in [0.1, 0.15) is 0 Å². The molecule has 1 atom stereocenters. The van der Waals surface area contributed by atoms with Gasteiger partial charge in [-0.15, -0.1) is 0 Å². The van der Waals surface area contributed by atoms with E-state index in [-0.39, 0.29) is 11.6 Å². The third kappa shape index (κ3) is 1.89. The summed E-state index contributed by atoms with van der Waals surface area (Å²) in [6.45, 7) is 1.76. The van der Waals surface area contributed by atoms with Crippen LogP contribution in [-0.2, 0) is 0 Å². The van der Waals surface area contributed by atoms with E-state index in [0.717, 1.165) is 0 Å². The Morgan fingerprint density at radius 3 is 2.82 bits per heavy atom. The summed E-state index contributed by atoms with van der Waals surface area (Å²) in [4.78, 5) is 16.5. The number of nitrogens with two attached hydrogens (primary N) is 1. The van der Waals surface area contributed by atoms with Gasteiger partial charge in [-0.05, 0) is 0 Å². The molecule has 0 saturated carbocycles. The average Bonchev–Trinajstić information content (AvgIpc) is 1.85. The Kier molecular flexibility index (Phi) is 2.44. The fraction of sp³-hybridized carbons (Fsp3) is 0.333. The van der Waals surface area contributed by atoms with Crippen molar-refractivity contribution in [3.05, 3.63) is 26.4 Å². The van der Waals surface area contributed by atoms with Gasteiger partial charge in [-0.1, -0.05) is 0 Å². The molecule has 11 heavy (non-hydrogen) atoms. The minimum atomic E-state index is -0.240. The van der Waals surface area contributed by atoms with Gasteiger partial charge < -0.3 is 0 Å². The van der Waals surface area contributed by atoms with Crippen molar-refractivity contribution >= 4 is 15.6 Å². The van der Waals surface area contributed by atoms with Crippen molar-refractivity contribution in [2.45, 2.75) is 13.0 Å². The number of aromatic amines is 2. The van der Waals surface area contributed by atoms with Crippen LogP contribution in [0.15, 0.2) is 11.0 Å². The third-order valence-corrected chi connectivity index (χ3v) is 1.80. The van der Waals surface area contributed by atoms with Crippen LogP contribution in [0.25, 0.3) is 0 Å². The zero-order valence-electron chi connectivity index (χ0n) is 6.05. The molecule has 5 heteroatoms. The van der Waals surface area contributed by atoms with Gasteiger partial charge >= 0.3 is 70.7 Å². The number of hydrogen-bond acceptors (Lipinski definition) is 2. The zero-order valence-corrected chi connectivity index (χ0v) is 7.76. The summed E-state index contributed by atoms with van der Waals surface area (Å²) < 4.78 is 0.611. The summed E-state index contributed by atoms with van der Waals surface area (Å²) in [6.07, 6.45) is 1.61. The fourth-order valence-electron chi connectivity index (χ4n) is 0.758. The van der Waals surface area contributed by atoms with E-state index in [4.69, 9.17) is 5.73 Å². The van der Waals surface area contributed by atoms with Crippen LogP contribution in [0.3, 0.4) is 0 Å². The van der Waals surface area contributed by atoms with Gasteiger partial charge in [0.15, 0.2) is 0 Å². The Morgan fingerprint density at radius 2 is 2.36 bits per heavy atom. The Hall–Kier alpha value is -0.641. The molecule has 60 valence electrons. The zero-order chi connectivity index (χ0) is 8.43. The van der Waals surface area contributed by atoms with Crippen molar-refractivity contribution < 1.29 is 0 Å². The van der Waals surface area contributed by atoms with Crippen LogP contribution in [0.1, 0.15) is 18.5 Å². The topological polar surface area (TPSA) is 74.7 Å².